The normalized spacial score (nSPS) is 15.5. The van der Waals surface area contributed by atoms with Gasteiger partial charge in [0.2, 0.25) is 0 Å². The van der Waals surface area contributed by atoms with E-state index in [2.05, 4.69) is 5.32 Å². The first kappa shape index (κ1) is 20.2. The molecule has 1 aliphatic heterocycles. The number of hydrogen-bond acceptors (Lipinski definition) is 5. The average molecular weight is 419 g/mol. The number of barbiturate groups is 1. The van der Waals surface area contributed by atoms with E-state index in [-0.39, 0.29) is 12.1 Å². The molecule has 31 heavy (non-hydrogen) atoms. The van der Waals surface area contributed by atoms with Crippen molar-refractivity contribution in [3.8, 4) is 11.4 Å². The quantitative estimate of drug-likeness (QED) is 0.506. The lowest BCUT2D eigenvalue weighted by Gasteiger charge is -2.25. The molecule has 1 fully saturated rings. The van der Waals surface area contributed by atoms with Crippen LogP contribution in [0.25, 0.3) is 11.8 Å². The zero-order valence-electron chi connectivity index (χ0n) is 17.3. The number of carbonyl (C=O) groups excluding carboxylic acids is 3. The fourth-order valence-electron chi connectivity index (χ4n) is 3.67. The van der Waals surface area contributed by atoms with E-state index in [0.717, 1.165) is 22.0 Å². The van der Waals surface area contributed by atoms with Gasteiger partial charge in [-0.2, -0.15) is 0 Å². The molecule has 2 aromatic heterocycles. The van der Waals surface area contributed by atoms with Gasteiger partial charge in [0.1, 0.15) is 17.1 Å². The van der Waals surface area contributed by atoms with Crippen molar-refractivity contribution >= 4 is 23.9 Å². The predicted octanol–water partition coefficient (Wildman–Crippen LogP) is 3.36. The molecule has 4 amide bonds. The smallest absolute Gasteiger partial charge is 0.331 e. The Hall–Kier alpha value is -4.07. The lowest BCUT2D eigenvalue weighted by molar-refractivity contribution is -0.130. The maximum absolute atomic E-state index is 13.0. The minimum absolute atomic E-state index is 0.0669. The maximum Gasteiger partial charge on any atom is 0.331 e. The van der Waals surface area contributed by atoms with E-state index in [1.807, 2.05) is 48.7 Å². The van der Waals surface area contributed by atoms with Crippen LogP contribution in [0.3, 0.4) is 0 Å². The van der Waals surface area contributed by atoms with Crippen molar-refractivity contribution in [3.05, 3.63) is 77.0 Å². The van der Waals surface area contributed by atoms with Crippen molar-refractivity contribution in [2.24, 2.45) is 0 Å². The van der Waals surface area contributed by atoms with Gasteiger partial charge in [-0.25, -0.2) is 4.79 Å². The number of hydrogen-bond donors (Lipinski definition) is 1. The number of ether oxygens (including phenoxy) is 1. The highest BCUT2D eigenvalue weighted by Crippen LogP contribution is 2.29. The Balaban J connectivity index is 1.73. The average Bonchev–Trinajstić information content (AvgIpc) is 3.36. The van der Waals surface area contributed by atoms with E-state index in [4.69, 9.17) is 9.15 Å². The first-order valence-corrected chi connectivity index (χ1v) is 9.64. The summed E-state index contributed by atoms with van der Waals surface area (Å²) in [5, 5.41) is 2.22. The molecule has 8 nitrogen and oxygen atoms in total. The maximum atomic E-state index is 13.0. The molecular weight excluding hydrogens is 398 g/mol. The van der Waals surface area contributed by atoms with Crippen LogP contribution in [-0.4, -0.2) is 34.4 Å². The minimum atomic E-state index is -0.775. The number of nitrogens with zero attached hydrogens (tertiary/aromatic N) is 2. The number of rotatable bonds is 5. The molecule has 0 bridgehead atoms. The van der Waals surface area contributed by atoms with E-state index in [1.54, 1.807) is 19.2 Å². The van der Waals surface area contributed by atoms with Gasteiger partial charge in [-0.1, -0.05) is 12.1 Å². The third-order valence-electron chi connectivity index (χ3n) is 5.18. The van der Waals surface area contributed by atoms with E-state index < -0.39 is 17.8 Å². The second kappa shape index (κ2) is 7.98. The van der Waals surface area contributed by atoms with Crippen molar-refractivity contribution < 1.29 is 23.5 Å². The summed E-state index contributed by atoms with van der Waals surface area (Å²) >= 11 is 0. The third kappa shape index (κ3) is 3.63. The highest BCUT2D eigenvalue weighted by atomic mass is 16.5. The number of nitrogens with one attached hydrogen (secondary N) is 1. The molecule has 158 valence electrons. The van der Waals surface area contributed by atoms with Gasteiger partial charge < -0.3 is 13.7 Å². The van der Waals surface area contributed by atoms with Gasteiger partial charge in [-0.15, -0.1) is 0 Å². The van der Waals surface area contributed by atoms with Crippen molar-refractivity contribution in [1.29, 1.82) is 0 Å². The largest absolute Gasteiger partial charge is 0.495 e. The number of methoxy groups -OCH3 is 1. The summed E-state index contributed by atoms with van der Waals surface area (Å²) in [7, 11) is 1.60. The van der Waals surface area contributed by atoms with Crippen LogP contribution in [0.1, 0.15) is 22.7 Å². The van der Waals surface area contributed by atoms with Gasteiger partial charge in [0.25, 0.3) is 11.8 Å². The van der Waals surface area contributed by atoms with Crippen LogP contribution in [0.5, 0.6) is 5.75 Å². The summed E-state index contributed by atoms with van der Waals surface area (Å²) in [6.45, 7) is 3.75. The molecule has 1 aromatic carbocycles. The number of benzene rings is 1. The Labute approximate surface area is 178 Å². The van der Waals surface area contributed by atoms with E-state index in [1.165, 1.54) is 12.3 Å². The Morgan fingerprint density at radius 2 is 1.87 bits per heavy atom. The molecule has 4 rings (SSSR count). The number of furan rings is 1. The van der Waals surface area contributed by atoms with Crippen LogP contribution in [-0.2, 0) is 16.1 Å². The molecule has 1 aliphatic rings. The molecular formula is C23H21N3O5. The first-order chi connectivity index (χ1) is 14.9. The van der Waals surface area contributed by atoms with Crippen LogP contribution in [0.2, 0.25) is 0 Å². The lowest BCUT2D eigenvalue weighted by Crippen LogP contribution is -2.53. The summed E-state index contributed by atoms with van der Waals surface area (Å²) in [5.74, 6) is -0.267. The highest BCUT2D eigenvalue weighted by molar-refractivity contribution is 6.31. The zero-order chi connectivity index (χ0) is 22.1. The topological polar surface area (TPSA) is 93.8 Å². The molecule has 3 heterocycles. The second-order valence-corrected chi connectivity index (χ2v) is 7.12. The molecule has 8 heteroatoms. The van der Waals surface area contributed by atoms with Gasteiger partial charge in [-0.05, 0) is 55.8 Å². The van der Waals surface area contributed by atoms with Gasteiger partial charge in [0.15, 0.2) is 0 Å². The number of carbonyl (C=O) groups is 3. The lowest BCUT2D eigenvalue weighted by atomic mass is 10.1. The fourth-order valence-corrected chi connectivity index (χ4v) is 3.67. The van der Waals surface area contributed by atoms with E-state index in [9.17, 15) is 14.4 Å². The summed E-state index contributed by atoms with van der Waals surface area (Å²) in [6.07, 6.45) is 2.96. The molecule has 0 unspecified atom stereocenters. The zero-order valence-corrected chi connectivity index (χ0v) is 17.3. The summed E-state index contributed by atoms with van der Waals surface area (Å²) in [5.41, 5.74) is 3.14. The Morgan fingerprint density at radius 1 is 1.10 bits per heavy atom. The van der Waals surface area contributed by atoms with Crippen molar-refractivity contribution in [3.63, 3.8) is 0 Å². The van der Waals surface area contributed by atoms with Crippen molar-refractivity contribution in [2.75, 3.05) is 7.11 Å². The molecule has 1 saturated heterocycles. The van der Waals surface area contributed by atoms with E-state index in [0.29, 0.717) is 17.1 Å². The monoisotopic (exact) mass is 419 g/mol. The standard InChI is InChI=1S/C23H21N3O5/c1-14-11-16(15(2)26(14)19-8-4-5-9-20(19)30-3)12-18-21(27)24-23(29)25(22(18)28)13-17-7-6-10-31-17/h4-12H,13H2,1-3H3,(H,24,27,29)/b18-12-. The van der Waals surface area contributed by atoms with Crippen molar-refractivity contribution in [2.45, 2.75) is 20.4 Å². The number of imide groups is 2. The SMILES string of the molecule is COc1ccccc1-n1c(C)cc(/C=C2/C(=O)NC(=O)N(Cc3ccco3)C2=O)c1C. The van der Waals surface area contributed by atoms with Crippen LogP contribution >= 0.6 is 0 Å². The Bertz CT molecular complexity index is 1200. The van der Waals surface area contributed by atoms with Crippen molar-refractivity contribution in [1.82, 2.24) is 14.8 Å². The van der Waals surface area contributed by atoms with Gasteiger partial charge >= 0.3 is 6.03 Å². The number of para-hydroxylation sites is 2. The molecule has 0 atom stereocenters. The van der Waals surface area contributed by atoms with E-state index >= 15 is 0 Å². The number of aromatic nitrogens is 1. The van der Waals surface area contributed by atoms with Crippen LogP contribution in [0.15, 0.2) is 58.7 Å². The summed E-state index contributed by atoms with van der Waals surface area (Å²) < 4.78 is 12.7. The molecule has 0 saturated carbocycles. The van der Waals surface area contributed by atoms with Crippen LogP contribution in [0.4, 0.5) is 4.79 Å². The van der Waals surface area contributed by atoms with Crippen LogP contribution in [0, 0.1) is 13.8 Å². The number of aryl methyl sites for hydroxylation is 1. The molecule has 1 N–H and O–H groups in total. The number of urea groups is 1. The van der Waals surface area contributed by atoms with Gasteiger partial charge in [-0.3, -0.25) is 19.8 Å². The minimum Gasteiger partial charge on any atom is -0.495 e. The highest BCUT2D eigenvalue weighted by Gasteiger charge is 2.36. The van der Waals surface area contributed by atoms with Crippen LogP contribution < -0.4 is 10.1 Å². The molecule has 0 aliphatic carbocycles. The fraction of sp³-hybridized carbons (Fsp3) is 0.174. The molecule has 0 radical (unpaired) electrons. The van der Waals surface area contributed by atoms with Gasteiger partial charge in [0.05, 0.1) is 25.6 Å². The molecule has 3 aromatic rings. The second-order valence-electron chi connectivity index (χ2n) is 7.12. The Morgan fingerprint density at radius 3 is 2.58 bits per heavy atom. The summed E-state index contributed by atoms with van der Waals surface area (Å²) in [4.78, 5) is 38.6. The van der Waals surface area contributed by atoms with Gasteiger partial charge in [0, 0.05) is 11.4 Å². The predicted molar refractivity (Wildman–Crippen MR) is 113 cm³/mol. The molecule has 0 spiro atoms. The summed E-state index contributed by atoms with van der Waals surface area (Å²) in [6, 6.07) is 12.0. The number of amides is 4. The first-order valence-electron chi connectivity index (χ1n) is 9.64. The third-order valence-corrected chi connectivity index (χ3v) is 5.18. The Kier molecular flexibility index (Phi) is 5.21.